The van der Waals surface area contributed by atoms with Crippen molar-refractivity contribution in [2.75, 3.05) is 0 Å². The Morgan fingerprint density at radius 3 is 2.50 bits per heavy atom. The minimum absolute atomic E-state index is 0.0333. The Labute approximate surface area is 154 Å². The van der Waals surface area contributed by atoms with Crippen molar-refractivity contribution in [1.82, 2.24) is 0 Å². The van der Waals surface area contributed by atoms with Crippen molar-refractivity contribution < 1.29 is 23.8 Å². The van der Waals surface area contributed by atoms with Gasteiger partial charge in [-0.05, 0) is 49.9 Å². The highest BCUT2D eigenvalue weighted by molar-refractivity contribution is 5.96. The third kappa shape index (κ3) is 4.09. The normalized spacial score (nSPS) is 25.2. The molecular formula is C21H26O5. The van der Waals surface area contributed by atoms with Gasteiger partial charge < -0.3 is 14.2 Å². The average molecular weight is 358 g/mol. The molecule has 2 aliphatic rings. The largest absolute Gasteiger partial charge is 0.493 e. The summed E-state index contributed by atoms with van der Waals surface area (Å²) in [6.07, 6.45) is 2.82. The lowest BCUT2D eigenvalue weighted by Gasteiger charge is -2.37. The van der Waals surface area contributed by atoms with Crippen LogP contribution >= 0.6 is 0 Å². The molecular weight excluding hydrogens is 332 g/mol. The maximum atomic E-state index is 12.8. The summed E-state index contributed by atoms with van der Waals surface area (Å²) >= 11 is 0. The molecule has 3 atom stereocenters. The van der Waals surface area contributed by atoms with Crippen LogP contribution in [0.2, 0.25) is 0 Å². The van der Waals surface area contributed by atoms with Crippen LogP contribution in [0.1, 0.15) is 44.2 Å². The van der Waals surface area contributed by atoms with Crippen LogP contribution in [0.15, 0.2) is 30.2 Å². The summed E-state index contributed by atoms with van der Waals surface area (Å²) in [6, 6.07) is 5.85. The molecule has 1 aliphatic heterocycles. The van der Waals surface area contributed by atoms with Crippen molar-refractivity contribution in [3.63, 3.8) is 0 Å². The standard InChI is InChI=1S/C21H26O5/c1-12(2)21(23)26-15-5-6-17-18(10-15)24-11-19(20(17)22)25-16-8-13(3)7-14(4)9-16/h7-9,11-12,15,17-18H,5-6,10H2,1-4H3. The Morgan fingerprint density at radius 2 is 1.85 bits per heavy atom. The van der Waals surface area contributed by atoms with Gasteiger partial charge in [-0.1, -0.05) is 19.9 Å². The zero-order chi connectivity index (χ0) is 18.8. The van der Waals surface area contributed by atoms with Gasteiger partial charge in [-0.25, -0.2) is 0 Å². The molecule has 3 rings (SSSR count). The van der Waals surface area contributed by atoms with Gasteiger partial charge in [-0.15, -0.1) is 0 Å². The van der Waals surface area contributed by atoms with E-state index in [-0.39, 0.29) is 41.6 Å². The Hall–Kier alpha value is -2.30. The number of Topliss-reactive ketones (excluding diaryl/α,β-unsaturated/α-hetero) is 1. The summed E-state index contributed by atoms with van der Waals surface area (Å²) in [4.78, 5) is 24.6. The number of ketones is 1. The molecule has 0 amide bonds. The van der Waals surface area contributed by atoms with E-state index < -0.39 is 0 Å². The summed E-state index contributed by atoms with van der Waals surface area (Å²) in [6.45, 7) is 7.61. The molecule has 0 N–H and O–H groups in total. The molecule has 0 bridgehead atoms. The molecule has 140 valence electrons. The van der Waals surface area contributed by atoms with E-state index in [1.54, 1.807) is 0 Å². The first kappa shape index (κ1) is 18.5. The molecule has 0 aromatic heterocycles. The number of fused-ring (bicyclic) bond motifs is 1. The quantitative estimate of drug-likeness (QED) is 0.765. The molecule has 0 spiro atoms. The van der Waals surface area contributed by atoms with Gasteiger partial charge in [0.2, 0.25) is 11.5 Å². The minimum atomic E-state index is -0.257. The number of benzene rings is 1. The lowest BCUT2D eigenvalue weighted by molar-refractivity contribution is -0.158. The van der Waals surface area contributed by atoms with Crippen molar-refractivity contribution in [3.8, 4) is 5.75 Å². The second-order valence-electron chi connectivity index (χ2n) is 7.58. The van der Waals surface area contributed by atoms with Gasteiger partial charge in [0.25, 0.3) is 0 Å². The zero-order valence-corrected chi connectivity index (χ0v) is 15.8. The van der Waals surface area contributed by atoms with Crippen molar-refractivity contribution in [3.05, 3.63) is 41.3 Å². The van der Waals surface area contributed by atoms with Crippen LogP contribution in [-0.2, 0) is 19.1 Å². The number of allylic oxidation sites excluding steroid dienone is 1. The molecule has 0 radical (unpaired) electrons. The molecule has 3 unspecified atom stereocenters. The van der Waals surface area contributed by atoms with Crippen LogP contribution in [-0.4, -0.2) is 24.0 Å². The number of ether oxygens (including phenoxy) is 3. The molecule has 1 saturated carbocycles. The predicted molar refractivity (Wildman–Crippen MR) is 96.6 cm³/mol. The number of carbonyl (C=O) groups is 2. The van der Waals surface area contributed by atoms with E-state index in [9.17, 15) is 9.59 Å². The van der Waals surface area contributed by atoms with E-state index in [2.05, 4.69) is 6.07 Å². The van der Waals surface area contributed by atoms with Crippen LogP contribution < -0.4 is 4.74 Å². The Morgan fingerprint density at radius 1 is 1.15 bits per heavy atom. The number of aryl methyl sites for hydroxylation is 2. The van der Waals surface area contributed by atoms with E-state index in [0.717, 1.165) is 11.1 Å². The third-order valence-corrected chi connectivity index (χ3v) is 4.85. The first-order valence-corrected chi connectivity index (χ1v) is 9.20. The smallest absolute Gasteiger partial charge is 0.308 e. The number of rotatable bonds is 4. The van der Waals surface area contributed by atoms with Crippen molar-refractivity contribution in [2.45, 2.75) is 59.2 Å². The van der Waals surface area contributed by atoms with E-state index >= 15 is 0 Å². The van der Waals surface area contributed by atoms with E-state index in [1.807, 2.05) is 39.8 Å². The second kappa shape index (κ2) is 7.52. The van der Waals surface area contributed by atoms with Gasteiger partial charge in [-0.3, -0.25) is 9.59 Å². The highest BCUT2D eigenvalue weighted by Gasteiger charge is 2.42. The molecule has 1 aromatic rings. The maximum Gasteiger partial charge on any atom is 0.308 e. The first-order valence-electron chi connectivity index (χ1n) is 9.20. The summed E-state index contributed by atoms with van der Waals surface area (Å²) in [5, 5.41) is 0. The van der Waals surface area contributed by atoms with E-state index in [1.165, 1.54) is 6.26 Å². The van der Waals surface area contributed by atoms with Gasteiger partial charge >= 0.3 is 5.97 Å². The lowest BCUT2D eigenvalue weighted by atomic mass is 9.80. The summed E-state index contributed by atoms with van der Waals surface area (Å²) < 4.78 is 17.1. The van der Waals surface area contributed by atoms with Gasteiger partial charge in [0, 0.05) is 6.42 Å². The molecule has 1 fully saturated rings. The minimum Gasteiger partial charge on any atom is -0.493 e. The predicted octanol–water partition coefficient (Wildman–Crippen LogP) is 3.86. The number of esters is 1. The van der Waals surface area contributed by atoms with Crippen molar-refractivity contribution >= 4 is 11.8 Å². The first-order chi connectivity index (χ1) is 12.3. The average Bonchev–Trinajstić information content (AvgIpc) is 2.56. The number of carbonyl (C=O) groups excluding carboxylic acids is 2. The molecule has 5 heteroatoms. The number of hydrogen-bond acceptors (Lipinski definition) is 5. The topological polar surface area (TPSA) is 61.8 Å². The fraction of sp³-hybridized carbons (Fsp3) is 0.524. The monoisotopic (exact) mass is 358 g/mol. The van der Waals surface area contributed by atoms with E-state index in [0.29, 0.717) is 25.0 Å². The molecule has 1 heterocycles. The Bertz CT molecular complexity index is 714. The Balaban J connectivity index is 1.66. The van der Waals surface area contributed by atoms with Gasteiger partial charge in [0.15, 0.2) is 0 Å². The van der Waals surface area contributed by atoms with Crippen molar-refractivity contribution in [2.24, 2.45) is 11.8 Å². The summed E-state index contributed by atoms with van der Waals surface area (Å²) in [5.74, 6) is 0.255. The highest BCUT2D eigenvalue weighted by atomic mass is 16.6. The van der Waals surface area contributed by atoms with E-state index in [4.69, 9.17) is 14.2 Å². The number of hydrogen-bond donors (Lipinski definition) is 0. The van der Waals surface area contributed by atoms with Gasteiger partial charge in [0.05, 0.1) is 11.8 Å². The van der Waals surface area contributed by atoms with Gasteiger partial charge in [-0.2, -0.15) is 0 Å². The molecule has 26 heavy (non-hydrogen) atoms. The summed E-state index contributed by atoms with van der Waals surface area (Å²) in [7, 11) is 0. The summed E-state index contributed by atoms with van der Waals surface area (Å²) in [5.41, 5.74) is 2.16. The lowest BCUT2D eigenvalue weighted by Crippen LogP contribution is -2.43. The van der Waals surface area contributed by atoms with Crippen LogP contribution in [0.3, 0.4) is 0 Å². The molecule has 0 saturated heterocycles. The van der Waals surface area contributed by atoms with Crippen LogP contribution in [0.5, 0.6) is 5.75 Å². The van der Waals surface area contributed by atoms with Crippen LogP contribution in [0.4, 0.5) is 0 Å². The SMILES string of the molecule is Cc1cc(C)cc(OC2=COC3CC(OC(=O)C(C)C)CCC3C2=O)c1. The maximum absolute atomic E-state index is 12.8. The van der Waals surface area contributed by atoms with Crippen molar-refractivity contribution in [1.29, 1.82) is 0 Å². The molecule has 5 nitrogen and oxygen atoms in total. The van der Waals surface area contributed by atoms with Crippen LogP contribution in [0.25, 0.3) is 0 Å². The second-order valence-corrected chi connectivity index (χ2v) is 7.58. The third-order valence-electron chi connectivity index (χ3n) is 4.85. The molecule has 1 aromatic carbocycles. The fourth-order valence-corrected chi connectivity index (χ4v) is 3.53. The highest BCUT2D eigenvalue weighted by Crippen LogP contribution is 2.35. The zero-order valence-electron chi connectivity index (χ0n) is 15.8. The molecule has 1 aliphatic carbocycles. The fourth-order valence-electron chi connectivity index (χ4n) is 3.53. The van der Waals surface area contributed by atoms with Crippen LogP contribution in [0, 0.1) is 25.7 Å². The Kier molecular flexibility index (Phi) is 5.35. The van der Waals surface area contributed by atoms with Gasteiger partial charge in [0.1, 0.15) is 24.2 Å².